The summed E-state index contributed by atoms with van der Waals surface area (Å²) in [6.45, 7) is 10.5. The Balaban J connectivity index is -0.000000466. The van der Waals surface area contributed by atoms with Crippen molar-refractivity contribution in [3.05, 3.63) is 61.2 Å². The monoisotopic (exact) mass is 1160 g/mol. The number of ketones is 6. The molecule has 1 rings (SSSR count). The number of nitrogens with two attached hydrogens (primary N) is 5. The van der Waals surface area contributed by atoms with E-state index in [1.807, 2.05) is 6.92 Å². The number of carbonyl (C=O) groups excluding carboxylic acids is 7. The van der Waals surface area contributed by atoms with Gasteiger partial charge in [-0.3, -0.25) is 57.5 Å². The Labute approximate surface area is 483 Å². The zero-order chi connectivity index (χ0) is 63.3. The third-order valence-electron chi connectivity index (χ3n) is 12.0. The Morgan fingerprint density at radius 3 is 1.09 bits per heavy atom. The summed E-state index contributed by atoms with van der Waals surface area (Å²) in [5.74, 6) is -6.24. The summed E-state index contributed by atoms with van der Waals surface area (Å²) in [7, 11) is 0. The van der Waals surface area contributed by atoms with Gasteiger partial charge in [0.25, 0.3) is 0 Å². The number of hydrogen-bond acceptors (Lipinski definition) is 18. The van der Waals surface area contributed by atoms with Crippen molar-refractivity contribution in [3.63, 3.8) is 0 Å². The zero-order valence-corrected chi connectivity index (χ0v) is 48.5. The average molecular weight is 1160 g/mol. The molecule has 23 heteroatoms. The molecule has 0 bridgehead atoms. The van der Waals surface area contributed by atoms with E-state index in [0.29, 0.717) is 121 Å². The molecular formula is C59H97N5O18. The first-order chi connectivity index (χ1) is 38.7. The highest BCUT2D eigenvalue weighted by molar-refractivity contribution is 6.43. The standard InChI is InChI=1S/C15H19NO4.C12H21NO3.C11H19NO4.C11H21NO3.C10H17NO4/c16-12(15(19)20)9-5-2-6-10-13(17)14(18)11-7-3-1-4-8-11;1-2-3-7-10(14)8-5-4-6-9-11(13)12(15)16;1-2-8-16-10(13)7-5-3-4-6-9(12)11(14)15;1-2-6-9(13)7-4-3-5-8-10(12)11(14)15;1-7(12)9(13)6-4-2-3-5-8(11)10(14)15/h1,3-4,7-8,12H,2,5-6,9-10,16H2,(H,19,20);2,11H,1,3-9,13H2,(H,15,16);2,9H,1,3-8,12H2,(H,14,15);10H,2-8,12H2,1H3,(H,14,15);8H,2-6,11H2,1H3,(H,14,15)/t12-;11-;9-;10-;8-/m00000/s1. The van der Waals surface area contributed by atoms with Crippen molar-refractivity contribution in [2.45, 2.75) is 230 Å². The lowest BCUT2D eigenvalue weighted by Crippen LogP contribution is -2.29. The van der Waals surface area contributed by atoms with Crippen LogP contribution >= 0.6 is 0 Å². The fourth-order valence-corrected chi connectivity index (χ4v) is 6.86. The third kappa shape index (κ3) is 54.0. The lowest BCUT2D eigenvalue weighted by molar-refractivity contribution is -0.143. The topological polar surface area (TPSA) is 445 Å². The Morgan fingerprint density at radius 2 is 0.768 bits per heavy atom. The highest BCUT2D eigenvalue weighted by Gasteiger charge is 2.17. The van der Waals surface area contributed by atoms with Crippen molar-refractivity contribution < 1.29 is 87.8 Å². The van der Waals surface area contributed by atoms with E-state index in [1.54, 1.807) is 36.4 Å². The Kier molecular flexibility index (Phi) is 54.8. The molecule has 0 heterocycles. The number of hydrogen-bond donors (Lipinski definition) is 10. The Hall–Kier alpha value is -6.66. The van der Waals surface area contributed by atoms with Gasteiger partial charge in [0.15, 0.2) is 11.6 Å². The van der Waals surface area contributed by atoms with Gasteiger partial charge in [0, 0.05) is 57.4 Å². The van der Waals surface area contributed by atoms with Crippen LogP contribution in [0.5, 0.6) is 0 Å². The summed E-state index contributed by atoms with van der Waals surface area (Å²) in [6, 6.07) is 4.46. The second-order valence-electron chi connectivity index (χ2n) is 19.4. The predicted octanol–water partition coefficient (Wildman–Crippen LogP) is 6.99. The van der Waals surface area contributed by atoms with Gasteiger partial charge in [-0.1, -0.05) is 120 Å². The molecule has 5 atom stereocenters. The molecule has 0 radical (unpaired) electrons. The number of unbranched alkanes of at least 4 members (excludes halogenated alkanes) is 10. The molecule has 1 aromatic carbocycles. The van der Waals surface area contributed by atoms with Gasteiger partial charge in [-0.25, -0.2) is 0 Å². The lowest BCUT2D eigenvalue weighted by Gasteiger charge is -2.05. The van der Waals surface area contributed by atoms with Crippen LogP contribution in [0.3, 0.4) is 0 Å². The molecule has 0 fully saturated rings. The molecule has 0 aliphatic carbocycles. The molecular weight excluding hydrogens is 1070 g/mol. The van der Waals surface area contributed by atoms with Crippen molar-refractivity contribution in [2.75, 3.05) is 6.61 Å². The van der Waals surface area contributed by atoms with Gasteiger partial charge in [0.2, 0.25) is 11.6 Å². The largest absolute Gasteiger partial charge is 0.480 e. The summed E-state index contributed by atoms with van der Waals surface area (Å²) in [4.78, 5) is 130. The van der Waals surface area contributed by atoms with E-state index in [2.05, 4.69) is 13.2 Å². The second-order valence-corrected chi connectivity index (χ2v) is 19.4. The van der Waals surface area contributed by atoms with Crippen LogP contribution in [0, 0.1) is 0 Å². The van der Waals surface area contributed by atoms with Crippen LogP contribution in [-0.2, 0) is 57.5 Å². The SMILES string of the molecule is C=CCCC(=O)CCCCC[C@H](N)C(=O)O.C=CCOC(=O)CCCCC[C@H](N)C(=O)O.CC(=O)C(=O)CCCCC[C@H](N)C(=O)O.CCCC(=O)CCCCC[C@H](N)C(=O)O.N[C@@H](CCCCCC(=O)C(=O)c1ccccc1)C(=O)O. The molecule has 15 N–H and O–H groups in total. The highest BCUT2D eigenvalue weighted by Crippen LogP contribution is 2.12. The molecule has 0 saturated carbocycles. The highest BCUT2D eigenvalue weighted by atomic mass is 16.5. The maximum absolute atomic E-state index is 11.8. The van der Waals surface area contributed by atoms with E-state index < -0.39 is 77.4 Å². The molecule has 82 heavy (non-hydrogen) atoms. The number of Topliss-reactive ketones (excluding diaryl/α,β-unsaturated/α-hetero) is 6. The van der Waals surface area contributed by atoms with Crippen LogP contribution in [0.25, 0.3) is 0 Å². The first-order valence-electron chi connectivity index (χ1n) is 28.2. The number of ether oxygens (including phenoxy) is 1. The molecule has 0 saturated heterocycles. The number of carboxylic acid groups (broad SMARTS) is 5. The average Bonchev–Trinajstić information content (AvgIpc) is 3.43. The van der Waals surface area contributed by atoms with Crippen molar-refractivity contribution in [3.8, 4) is 0 Å². The molecule has 0 aromatic heterocycles. The van der Waals surface area contributed by atoms with E-state index >= 15 is 0 Å². The summed E-state index contributed by atoms with van der Waals surface area (Å²) >= 11 is 0. The fourth-order valence-electron chi connectivity index (χ4n) is 6.86. The maximum atomic E-state index is 11.8. The summed E-state index contributed by atoms with van der Waals surface area (Å²) in [5.41, 5.74) is 27.1. The number of esters is 1. The number of allylic oxidation sites excluding steroid dienone is 1. The van der Waals surface area contributed by atoms with Gasteiger partial charge in [0.05, 0.1) is 0 Å². The van der Waals surface area contributed by atoms with Crippen molar-refractivity contribution >= 4 is 70.5 Å². The summed E-state index contributed by atoms with van der Waals surface area (Å²) < 4.78 is 4.78. The smallest absolute Gasteiger partial charge is 0.320 e. The van der Waals surface area contributed by atoms with E-state index in [9.17, 15) is 57.5 Å². The van der Waals surface area contributed by atoms with E-state index in [1.165, 1.54) is 13.0 Å². The number of carboxylic acids is 5. The molecule has 0 amide bonds. The van der Waals surface area contributed by atoms with E-state index in [0.717, 1.165) is 64.2 Å². The molecule has 1 aromatic rings. The second kappa shape index (κ2) is 54.9. The van der Waals surface area contributed by atoms with Crippen LogP contribution in [0.4, 0.5) is 0 Å². The molecule has 0 aliphatic heterocycles. The number of aliphatic carboxylic acids is 5. The molecule has 0 aliphatic rings. The predicted molar refractivity (Wildman–Crippen MR) is 310 cm³/mol. The maximum Gasteiger partial charge on any atom is 0.320 e. The van der Waals surface area contributed by atoms with Gasteiger partial charge < -0.3 is 58.9 Å². The van der Waals surface area contributed by atoms with Crippen molar-refractivity contribution in [1.82, 2.24) is 0 Å². The summed E-state index contributed by atoms with van der Waals surface area (Å²) in [5, 5.41) is 42.6. The Bertz CT molecular complexity index is 2000. The third-order valence-corrected chi connectivity index (χ3v) is 12.0. The van der Waals surface area contributed by atoms with Crippen LogP contribution in [-0.4, -0.2) is 133 Å². The van der Waals surface area contributed by atoms with Gasteiger partial charge in [-0.05, 0) is 77.0 Å². The quantitative estimate of drug-likeness (QED) is 0.0103. The summed E-state index contributed by atoms with van der Waals surface area (Å²) in [6.07, 6.45) is 21.4. The minimum absolute atomic E-state index is 0.191. The minimum Gasteiger partial charge on any atom is -0.480 e. The van der Waals surface area contributed by atoms with Crippen molar-refractivity contribution in [1.29, 1.82) is 0 Å². The van der Waals surface area contributed by atoms with Crippen LogP contribution in [0.15, 0.2) is 55.6 Å². The molecule has 23 nitrogen and oxygen atoms in total. The van der Waals surface area contributed by atoms with Gasteiger partial charge in [-0.15, -0.1) is 6.58 Å². The van der Waals surface area contributed by atoms with Gasteiger partial charge in [-0.2, -0.15) is 0 Å². The fraction of sp³-hybridized carbons (Fsp3) is 0.627. The van der Waals surface area contributed by atoms with Crippen LogP contribution < -0.4 is 28.7 Å². The first kappa shape index (κ1) is 81.8. The number of benzene rings is 1. The zero-order valence-electron chi connectivity index (χ0n) is 48.5. The number of rotatable bonds is 45. The van der Waals surface area contributed by atoms with Crippen LogP contribution in [0.2, 0.25) is 0 Å². The first-order valence-corrected chi connectivity index (χ1v) is 28.2. The van der Waals surface area contributed by atoms with E-state index in [4.69, 9.17) is 58.9 Å². The number of carbonyl (C=O) groups is 12. The van der Waals surface area contributed by atoms with Gasteiger partial charge >= 0.3 is 35.8 Å². The molecule has 0 unspecified atom stereocenters. The van der Waals surface area contributed by atoms with Gasteiger partial charge in [0.1, 0.15) is 48.4 Å². The van der Waals surface area contributed by atoms with E-state index in [-0.39, 0.29) is 37.0 Å². The minimum atomic E-state index is -1.01. The molecule has 0 spiro atoms. The Morgan fingerprint density at radius 1 is 0.439 bits per heavy atom. The van der Waals surface area contributed by atoms with Crippen LogP contribution in [0.1, 0.15) is 210 Å². The molecule has 466 valence electrons. The van der Waals surface area contributed by atoms with Crippen molar-refractivity contribution in [2.24, 2.45) is 28.7 Å². The lowest BCUT2D eigenvalue weighted by atomic mass is 10.0. The normalized spacial score (nSPS) is 12.0.